The Balaban J connectivity index is 2.07. The SMILES string of the molecule is COc1cc(C(=O)N2CCNC[C@@H]2C)ccc1OCC(=O)NC(C)C. The molecule has 25 heavy (non-hydrogen) atoms. The van der Waals surface area contributed by atoms with Crippen molar-refractivity contribution in [2.75, 3.05) is 33.4 Å². The third-order valence-corrected chi connectivity index (χ3v) is 3.98. The Hall–Kier alpha value is -2.28. The fourth-order valence-corrected chi connectivity index (χ4v) is 2.74. The van der Waals surface area contributed by atoms with Gasteiger partial charge in [0.1, 0.15) is 0 Å². The molecule has 0 radical (unpaired) electrons. The van der Waals surface area contributed by atoms with Crippen LogP contribution in [0.4, 0.5) is 0 Å². The van der Waals surface area contributed by atoms with Crippen LogP contribution in [0, 0.1) is 0 Å². The highest BCUT2D eigenvalue weighted by molar-refractivity contribution is 5.95. The van der Waals surface area contributed by atoms with Gasteiger partial charge in [-0.15, -0.1) is 0 Å². The maximum atomic E-state index is 12.7. The number of rotatable bonds is 6. The summed E-state index contributed by atoms with van der Waals surface area (Å²) in [6, 6.07) is 5.23. The molecule has 7 nitrogen and oxygen atoms in total. The molecule has 1 fully saturated rings. The van der Waals surface area contributed by atoms with E-state index in [9.17, 15) is 9.59 Å². The van der Waals surface area contributed by atoms with Gasteiger partial charge >= 0.3 is 0 Å². The van der Waals surface area contributed by atoms with E-state index in [0.717, 1.165) is 13.1 Å². The summed E-state index contributed by atoms with van der Waals surface area (Å²) in [7, 11) is 1.51. The number of carbonyl (C=O) groups is 2. The fourth-order valence-electron chi connectivity index (χ4n) is 2.74. The molecule has 1 aliphatic rings. The Kier molecular flexibility index (Phi) is 6.64. The number of nitrogens with zero attached hydrogens (tertiary/aromatic N) is 1. The van der Waals surface area contributed by atoms with Crippen molar-refractivity contribution in [2.45, 2.75) is 32.9 Å². The van der Waals surface area contributed by atoms with Gasteiger partial charge in [0.05, 0.1) is 7.11 Å². The average molecular weight is 349 g/mol. The highest BCUT2D eigenvalue weighted by Crippen LogP contribution is 2.29. The minimum absolute atomic E-state index is 0.0311. The standard InChI is InChI=1S/C18H27N3O4/c1-12(2)20-17(22)11-25-15-6-5-14(9-16(15)24-4)18(23)21-8-7-19-10-13(21)3/h5-6,9,12-13,19H,7-8,10-11H2,1-4H3,(H,20,22)/t13-/m0/s1. The smallest absolute Gasteiger partial charge is 0.258 e. The fraction of sp³-hybridized carbons (Fsp3) is 0.556. The number of ether oxygens (including phenoxy) is 2. The molecular weight excluding hydrogens is 322 g/mol. The summed E-state index contributed by atoms with van der Waals surface area (Å²) in [6.07, 6.45) is 0. The molecule has 1 heterocycles. The van der Waals surface area contributed by atoms with Crippen LogP contribution in [0.5, 0.6) is 11.5 Å². The molecule has 0 aliphatic carbocycles. The van der Waals surface area contributed by atoms with Gasteiger partial charge in [-0.2, -0.15) is 0 Å². The summed E-state index contributed by atoms with van der Waals surface area (Å²) >= 11 is 0. The van der Waals surface area contributed by atoms with Crippen LogP contribution in [0.15, 0.2) is 18.2 Å². The summed E-state index contributed by atoms with van der Waals surface area (Å²) in [5, 5.41) is 6.02. The lowest BCUT2D eigenvalue weighted by Gasteiger charge is -2.34. The van der Waals surface area contributed by atoms with Gasteiger partial charge in [-0.25, -0.2) is 0 Å². The molecule has 7 heteroatoms. The van der Waals surface area contributed by atoms with Crippen molar-refractivity contribution >= 4 is 11.8 Å². The maximum absolute atomic E-state index is 12.7. The van der Waals surface area contributed by atoms with Gasteiger partial charge in [0, 0.05) is 37.3 Å². The topological polar surface area (TPSA) is 79.9 Å². The first kappa shape index (κ1) is 19.1. The Labute approximate surface area is 148 Å². The predicted octanol–water partition coefficient (Wildman–Crippen LogP) is 1.03. The van der Waals surface area contributed by atoms with Crippen molar-refractivity contribution in [2.24, 2.45) is 0 Å². The zero-order valence-corrected chi connectivity index (χ0v) is 15.3. The first-order valence-electron chi connectivity index (χ1n) is 8.54. The number of hydrogen-bond donors (Lipinski definition) is 2. The van der Waals surface area contributed by atoms with Crippen molar-refractivity contribution in [1.29, 1.82) is 0 Å². The van der Waals surface area contributed by atoms with E-state index in [2.05, 4.69) is 10.6 Å². The van der Waals surface area contributed by atoms with Gasteiger partial charge in [0.2, 0.25) is 0 Å². The molecular formula is C18H27N3O4. The van der Waals surface area contributed by atoms with Gasteiger partial charge < -0.3 is 25.0 Å². The molecule has 1 aromatic carbocycles. The van der Waals surface area contributed by atoms with Crippen LogP contribution in [0.2, 0.25) is 0 Å². The van der Waals surface area contributed by atoms with Crippen molar-refractivity contribution < 1.29 is 19.1 Å². The van der Waals surface area contributed by atoms with E-state index >= 15 is 0 Å². The number of nitrogens with one attached hydrogen (secondary N) is 2. The normalized spacial score (nSPS) is 17.3. The van der Waals surface area contributed by atoms with Crippen molar-refractivity contribution in [3.05, 3.63) is 23.8 Å². The largest absolute Gasteiger partial charge is 0.493 e. The summed E-state index contributed by atoms with van der Waals surface area (Å²) in [6.45, 7) is 7.94. The summed E-state index contributed by atoms with van der Waals surface area (Å²) in [4.78, 5) is 26.3. The predicted molar refractivity (Wildman–Crippen MR) is 95.1 cm³/mol. The second kappa shape index (κ2) is 8.71. The maximum Gasteiger partial charge on any atom is 0.258 e. The van der Waals surface area contributed by atoms with Crippen LogP contribution < -0.4 is 20.1 Å². The molecule has 2 N–H and O–H groups in total. The summed E-state index contributed by atoms with van der Waals surface area (Å²) < 4.78 is 10.8. The number of methoxy groups -OCH3 is 1. The minimum atomic E-state index is -0.202. The molecule has 0 aromatic heterocycles. The van der Waals surface area contributed by atoms with Gasteiger partial charge in [-0.05, 0) is 39.0 Å². The zero-order valence-electron chi connectivity index (χ0n) is 15.3. The minimum Gasteiger partial charge on any atom is -0.493 e. The van der Waals surface area contributed by atoms with Crippen LogP contribution in [0.3, 0.4) is 0 Å². The van der Waals surface area contributed by atoms with Crippen molar-refractivity contribution in [3.63, 3.8) is 0 Å². The highest BCUT2D eigenvalue weighted by atomic mass is 16.5. The molecule has 1 aromatic rings. The molecule has 1 saturated heterocycles. The van der Waals surface area contributed by atoms with Crippen molar-refractivity contribution in [3.8, 4) is 11.5 Å². The van der Waals surface area contributed by atoms with E-state index in [1.54, 1.807) is 18.2 Å². The molecule has 2 rings (SSSR count). The lowest BCUT2D eigenvalue weighted by atomic mass is 10.1. The lowest BCUT2D eigenvalue weighted by molar-refractivity contribution is -0.123. The Morgan fingerprint density at radius 1 is 1.36 bits per heavy atom. The highest BCUT2D eigenvalue weighted by Gasteiger charge is 2.24. The molecule has 0 saturated carbocycles. The Morgan fingerprint density at radius 3 is 2.76 bits per heavy atom. The lowest BCUT2D eigenvalue weighted by Crippen LogP contribution is -2.52. The second-order valence-electron chi connectivity index (χ2n) is 6.43. The molecule has 0 bridgehead atoms. The van der Waals surface area contributed by atoms with Crippen LogP contribution in [0.1, 0.15) is 31.1 Å². The van der Waals surface area contributed by atoms with Gasteiger partial charge in [-0.1, -0.05) is 0 Å². The van der Waals surface area contributed by atoms with Gasteiger partial charge in [0.25, 0.3) is 11.8 Å². The number of carbonyl (C=O) groups excluding carboxylic acids is 2. The quantitative estimate of drug-likeness (QED) is 0.802. The van der Waals surface area contributed by atoms with E-state index in [1.165, 1.54) is 7.11 Å². The third-order valence-electron chi connectivity index (χ3n) is 3.98. The first-order chi connectivity index (χ1) is 11.9. The molecule has 1 aliphatic heterocycles. The molecule has 1 atom stereocenters. The monoisotopic (exact) mass is 349 g/mol. The van der Waals surface area contributed by atoms with Gasteiger partial charge in [-0.3, -0.25) is 9.59 Å². The van der Waals surface area contributed by atoms with E-state index in [0.29, 0.717) is 23.6 Å². The molecule has 0 spiro atoms. The number of piperazine rings is 1. The van der Waals surface area contributed by atoms with Crippen LogP contribution in [-0.4, -0.2) is 62.1 Å². The van der Waals surface area contributed by atoms with E-state index < -0.39 is 0 Å². The molecule has 0 unspecified atom stereocenters. The van der Waals surface area contributed by atoms with Crippen molar-refractivity contribution in [1.82, 2.24) is 15.5 Å². The molecule has 2 amide bonds. The average Bonchev–Trinajstić information content (AvgIpc) is 2.59. The second-order valence-corrected chi connectivity index (χ2v) is 6.43. The molecule has 138 valence electrons. The third kappa shape index (κ3) is 5.09. The van der Waals surface area contributed by atoms with Crippen LogP contribution in [-0.2, 0) is 4.79 Å². The van der Waals surface area contributed by atoms with Crippen LogP contribution in [0.25, 0.3) is 0 Å². The summed E-state index contributed by atoms with van der Waals surface area (Å²) in [5.74, 6) is 0.639. The summed E-state index contributed by atoms with van der Waals surface area (Å²) in [5.41, 5.74) is 0.546. The van der Waals surface area contributed by atoms with E-state index in [1.807, 2.05) is 25.7 Å². The Morgan fingerprint density at radius 2 is 2.12 bits per heavy atom. The first-order valence-corrected chi connectivity index (χ1v) is 8.54. The number of benzene rings is 1. The van der Waals surface area contributed by atoms with E-state index in [4.69, 9.17) is 9.47 Å². The van der Waals surface area contributed by atoms with Crippen LogP contribution >= 0.6 is 0 Å². The Bertz CT molecular complexity index is 618. The zero-order chi connectivity index (χ0) is 18.4. The number of amides is 2. The van der Waals surface area contributed by atoms with Gasteiger partial charge in [0.15, 0.2) is 18.1 Å². The number of hydrogen-bond acceptors (Lipinski definition) is 5. The van der Waals surface area contributed by atoms with E-state index in [-0.39, 0.29) is 30.5 Å².